The molecule has 1 aromatic heterocycles. The highest BCUT2D eigenvalue weighted by atomic mass is 32.1. The van der Waals surface area contributed by atoms with Gasteiger partial charge in [-0.2, -0.15) is 18.2 Å². The van der Waals surface area contributed by atoms with E-state index in [0.717, 1.165) is 22.6 Å². The molecule has 190 valence electrons. The van der Waals surface area contributed by atoms with Crippen molar-refractivity contribution in [1.29, 1.82) is 0 Å². The summed E-state index contributed by atoms with van der Waals surface area (Å²) in [6.07, 6.45) is -2.59. The van der Waals surface area contributed by atoms with E-state index in [1.807, 2.05) is 17.7 Å². The number of nitrogens with one attached hydrogen (secondary N) is 1. The van der Waals surface area contributed by atoms with E-state index >= 15 is 0 Å². The Balaban J connectivity index is 1.43. The number of benzene rings is 3. The predicted octanol–water partition coefficient (Wildman–Crippen LogP) is 5.74. The number of nitrogens with zero attached hydrogens (tertiary/aromatic N) is 2. The molecule has 0 bridgehead atoms. The molecule has 0 saturated carbocycles. The third-order valence-electron chi connectivity index (χ3n) is 5.40. The Kier molecular flexibility index (Phi) is 7.68. The number of alkyl halides is 3. The Morgan fingerprint density at radius 2 is 1.62 bits per heavy atom. The lowest BCUT2D eigenvalue weighted by Crippen LogP contribution is -2.23. The first-order valence-corrected chi connectivity index (χ1v) is 11.9. The fraction of sp³-hybridized carbons (Fsp3) is 0.148. The van der Waals surface area contributed by atoms with E-state index in [1.165, 1.54) is 47.7 Å². The number of hydrogen-bond donors (Lipinski definition) is 1. The second kappa shape index (κ2) is 10.9. The summed E-state index contributed by atoms with van der Waals surface area (Å²) in [5, 5.41) is 2.63. The average molecular weight is 528 g/mol. The molecule has 0 spiro atoms. The molecule has 10 heteroatoms. The maximum Gasteiger partial charge on any atom is 0.416 e. The standard InChI is InChI=1S/C27H21F4N3O2S/c1-17-15-34(26(37-17)33-25(36)21-9-11-23(28)12-10-21)16-18-5-7-20(8-6-18)24(35)32-14-19-3-2-4-22(13-19)27(29,30)31/h2-13,15H,14,16H2,1H3,(H,32,35). The summed E-state index contributed by atoms with van der Waals surface area (Å²) < 4.78 is 53.6. The number of thiazole rings is 1. The number of aryl methyl sites for hydroxylation is 1. The van der Waals surface area contributed by atoms with Gasteiger partial charge in [0.15, 0.2) is 4.80 Å². The van der Waals surface area contributed by atoms with Gasteiger partial charge in [0, 0.05) is 35.3 Å². The van der Waals surface area contributed by atoms with Crippen LogP contribution in [0.4, 0.5) is 17.6 Å². The molecular weight excluding hydrogens is 506 g/mol. The van der Waals surface area contributed by atoms with Gasteiger partial charge in [-0.15, -0.1) is 11.3 Å². The minimum absolute atomic E-state index is 0.0402. The molecule has 0 saturated heterocycles. The Morgan fingerprint density at radius 1 is 0.946 bits per heavy atom. The van der Waals surface area contributed by atoms with Gasteiger partial charge in [0.2, 0.25) is 0 Å². The molecule has 0 fully saturated rings. The van der Waals surface area contributed by atoms with Crippen LogP contribution in [0, 0.1) is 12.7 Å². The predicted molar refractivity (Wildman–Crippen MR) is 131 cm³/mol. The largest absolute Gasteiger partial charge is 0.416 e. The zero-order chi connectivity index (χ0) is 26.6. The van der Waals surface area contributed by atoms with Crippen LogP contribution < -0.4 is 10.1 Å². The molecule has 37 heavy (non-hydrogen) atoms. The highest BCUT2D eigenvalue weighted by Crippen LogP contribution is 2.29. The van der Waals surface area contributed by atoms with Crippen molar-refractivity contribution in [3.05, 3.63) is 122 Å². The van der Waals surface area contributed by atoms with Gasteiger partial charge in [0.1, 0.15) is 5.82 Å². The summed E-state index contributed by atoms with van der Waals surface area (Å²) in [4.78, 5) is 30.6. The zero-order valence-electron chi connectivity index (χ0n) is 19.6. The first kappa shape index (κ1) is 26.0. The topological polar surface area (TPSA) is 63.5 Å². The molecule has 5 nitrogen and oxygen atoms in total. The molecule has 1 N–H and O–H groups in total. The highest BCUT2D eigenvalue weighted by molar-refractivity contribution is 7.09. The maximum atomic E-state index is 13.1. The Hall–Kier alpha value is -4.05. The van der Waals surface area contributed by atoms with Crippen LogP contribution in [0.1, 0.15) is 42.3 Å². The van der Waals surface area contributed by atoms with Crippen LogP contribution in [0.15, 0.2) is 84.0 Å². The fourth-order valence-electron chi connectivity index (χ4n) is 3.55. The summed E-state index contributed by atoms with van der Waals surface area (Å²) >= 11 is 1.34. The van der Waals surface area contributed by atoms with Crippen molar-refractivity contribution in [2.24, 2.45) is 4.99 Å². The van der Waals surface area contributed by atoms with Crippen LogP contribution in [0.5, 0.6) is 0 Å². The summed E-state index contributed by atoms with van der Waals surface area (Å²) in [5.41, 5.74) is 1.06. The third kappa shape index (κ3) is 6.79. The molecule has 0 aliphatic carbocycles. The molecule has 0 aliphatic heterocycles. The van der Waals surface area contributed by atoms with Crippen molar-refractivity contribution < 1.29 is 27.2 Å². The SMILES string of the molecule is Cc1cn(Cc2ccc(C(=O)NCc3cccc(C(F)(F)F)c3)cc2)c(=NC(=O)c2ccc(F)cc2)s1. The smallest absolute Gasteiger partial charge is 0.348 e. The van der Waals surface area contributed by atoms with Crippen molar-refractivity contribution >= 4 is 23.2 Å². The third-order valence-corrected chi connectivity index (χ3v) is 6.34. The number of carbonyl (C=O) groups excluding carboxylic acids is 2. The van der Waals surface area contributed by atoms with Crippen LogP contribution >= 0.6 is 11.3 Å². The second-order valence-electron chi connectivity index (χ2n) is 8.25. The maximum absolute atomic E-state index is 13.1. The number of rotatable bonds is 6. The minimum Gasteiger partial charge on any atom is -0.348 e. The van der Waals surface area contributed by atoms with Gasteiger partial charge >= 0.3 is 6.18 Å². The number of aromatic nitrogens is 1. The highest BCUT2D eigenvalue weighted by Gasteiger charge is 2.30. The van der Waals surface area contributed by atoms with E-state index in [0.29, 0.717) is 22.5 Å². The van der Waals surface area contributed by atoms with Crippen LogP contribution in [0.3, 0.4) is 0 Å². The van der Waals surface area contributed by atoms with Crippen molar-refractivity contribution in [3.63, 3.8) is 0 Å². The number of halogens is 4. The Morgan fingerprint density at radius 3 is 2.30 bits per heavy atom. The summed E-state index contributed by atoms with van der Waals surface area (Å²) in [6, 6.07) is 16.7. The molecule has 0 aliphatic rings. The van der Waals surface area contributed by atoms with Crippen molar-refractivity contribution in [2.75, 3.05) is 0 Å². The molecule has 4 rings (SSSR count). The van der Waals surface area contributed by atoms with Crippen LogP contribution in [-0.2, 0) is 19.3 Å². The van der Waals surface area contributed by atoms with E-state index in [-0.39, 0.29) is 12.1 Å². The fourth-order valence-corrected chi connectivity index (χ4v) is 4.38. The average Bonchev–Trinajstić information content (AvgIpc) is 3.21. The van der Waals surface area contributed by atoms with Crippen molar-refractivity contribution in [2.45, 2.75) is 26.2 Å². The van der Waals surface area contributed by atoms with Crippen molar-refractivity contribution in [3.8, 4) is 0 Å². The zero-order valence-corrected chi connectivity index (χ0v) is 20.4. The van der Waals surface area contributed by atoms with Gasteiger partial charge in [-0.3, -0.25) is 9.59 Å². The molecule has 1 heterocycles. The molecular formula is C27H21F4N3O2S. The van der Waals surface area contributed by atoms with E-state index in [4.69, 9.17) is 0 Å². The molecule has 0 atom stereocenters. The summed E-state index contributed by atoms with van der Waals surface area (Å²) in [6.45, 7) is 2.24. The van der Waals surface area contributed by atoms with Gasteiger partial charge in [-0.1, -0.05) is 24.3 Å². The number of carbonyl (C=O) groups is 2. The Bertz CT molecular complexity index is 1490. The lowest BCUT2D eigenvalue weighted by molar-refractivity contribution is -0.137. The normalized spacial score (nSPS) is 12.0. The minimum atomic E-state index is -4.45. The quantitative estimate of drug-likeness (QED) is 0.325. The van der Waals surface area contributed by atoms with Crippen molar-refractivity contribution in [1.82, 2.24) is 9.88 Å². The molecule has 3 aromatic carbocycles. The molecule has 4 aromatic rings. The lowest BCUT2D eigenvalue weighted by atomic mass is 10.1. The molecule has 0 unspecified atom stereocenters. The van der Waals surface area contributed by atoms with E-state index in [9.17, 15) is 27.2 Å². The van der Waals surface area contributed by atoms with Crippen LogP contribution in [0.2, 0.25) is 0 Å². The summed E-state index contributed by atoms with van der Waals surface area (Å²) in [7, 11) is 0. The van der Waals surface area contributed by atoms with Gasteiger partial charge in [-0.05, 0) is 66.6 Å². The molecule has 0 radical (unpaired) electrons. The van der Waals surface area contributed by atoms with Crippen LogP contribution in [0.25, 0.3) is 0 Å². The lowest BCUT2D eigenvalue weighted by Gasteiger charge is -2.10. The first-order valence-electron chi connectivity index (χ1n) is 11.1. The molecule has 2 amide bonds. The first-order chi connectivity index (χ1) is 17.6. The van der Waals surface area contributed by atoms with Gasteiger partial charge in [-0.25, -0.2) is 4.39 Å². The van der Waals surface area contributed by atoms with Crippen LogP contribution in [-0.4, -0.2) is 16.4 Å². The second-order valence-corrected chi connectivity index (χ2v) is 9.47. The van der Waals surface area contributed by atoms with Gasteiger partial charge < -0.3 is 9.88 Å². The monoisotopic (exact) mass is 527 g/mol. The van der Waals surface area contributed by atoms with E-state index < -0.39 is 29.4 Å². The summed E-state index contributed by atoms with van der Waals surface area (Å²) in [5.74, 6) is -1.33. The number of hydrogen-bond acceptors (Lipinski definition) is 3. The Labute approximate surface area is 213 Å². The van der Waals surface area contributed by atoms with Gasteiger partial charge in [0.05, 0.1) is 5.56 Å². The van der Waals surface area contributed by atoms with E-state index in [2.05, 4.69) is 10.3 Å². The van der Waals surface area contributed by atoms with Gasteiger partial charge in [0.25, 0.3) is 11.8 Å². The van der Waals surface area contributed by atoms with E-state index in [1.54, 1.807) is 24.3 Å². The number of amides is 2.